The Labute approximate surface area is 363 Å². The van der Waals surface area contributed by atoms with Crippen LogP contribution in [0.4, 0.5) is 5.69 Å². The maximum absolute atomic E-state index is 16.0. The molecule has 9 aromatic rings. The Bertz CT molecular complexity index is 3180. The minimum absolute atomic E-state index is 0.318. The molecule has 0 spiro atoms. The van der Waals surface area contributed by atoms with E-state index in [-0.39, 0.29) is 0 Å². The number of aliphatic imine (C=N–C) groups is 1. The number of rotatable bonds is 6. The fourth-order valence-electron chi connectivity index (χ4n) is 10.8. The van der Waals surface area contributed by atoms with Gasteiger partial charge in [-0.05, 0) is 104 Å². The third kappa shape index (κ3) is 5.57. The highest BCUT2D eigenvalue weighted by Gasteiger charge is 2.47. The van der Waals surface area contributed by atoms with E-state index in [0.29, 0.717) is 5.92 Å². The second kappa shape index (κ2) is 14.5. The topological polar surface area (TPSA) is 29.4 Å². The van der Waals surface area contributed by atoms with Crippen molar-refractivity contribution in [1.29, 1.82) is 0 Å². The maximum Gasteiger partial charge on any atom is 0.171 e. The number of para-hydroxylation sites is 1. The van der Waals surface area contributed by atoms with Crippen molar-refractivity contribution in [2.24, 2.45) is 10.9 Å². The highest BCUT2D eigenvalue weighted by Crippen LogP contribution is 2.58. The molecule has 2 aliphatic carbocycles. The van der Waals surface area contributed by atoms with Gasteiger partial charge in [0.05, 0.1) is 16.8 Å². The van der Waals surface area contributed by atoms with Crippen LogP contribution < -0.4 is 15.9 Å². The Morgan fingerprint density at radius 1 is 0.403 bits per heavy atom. The van der Waals surface area contributed by atoms with Crippen LogP contribution >= 0.6 is 7.14 Å². The molecule has 0 saturated heterocycles. The molecule has 62 heavy (non-hydrogen) atoms. The van der Waals surface area contributed by atoms with Gasteiger partial charge >= 0.3 is 0 Å². The summed E-state index contributed by atoms with van der Waals surface area (Å²) in [5.41, 5.74) is 17.4. The molecule has 0 fully saturated rings. The van der Waals surface area contributed by atoms with Gasteiger partial charge in [-0.2, -0.15) is 0 Å². The first-order valence-electron chi connectivity index (χ1n) is 21.6. The minimum Gasteiger partial charge on any atom is -0.309 e. The largest absolute Gasteiger partial charge is 0.309 e. The van der Waals surface area contributed by atoms with Crippen molar-refractivity contribution >= 4 is 34.5 Å². The molecule has 1 unspecified atom stereocenters. The predicted molar refractivity (Wildman–Crippen MR) is 258 cm³/mol. The quantitative estimate of drug-likeness (QED) is 0.154. The monoisotopic (exact) mass is 811 g/mol. The smallest absolute Gasteiger partial charge is 0.171 e. The molecule has 0 radical (unpaired) electrons. The van der Waals surface area contributed by atoms with Crippen molar-refractivity contribution in [3.8, 4) is 33.4 Å². The summed E-state index contributed by atoms with van der Waals surface area (Å²) in [4.78, 5) is 5.37. The van der Waals surface area contributed by atoms with Gasteiger partial charge in [-0.1, -0.05) is 200 Å². The van der Waals surface area contributed by atoms with E-state index >= 15 is 4.57 Å². The second-order valence-corrected chi connectivity index (χ2v) is 19.7. The first kappa shape index (κ1) is 36.7. The molecule has 1 atom stereocenters. The summed E-state index contributed by atoms with van der Waals surface area (Å²) in [5.74, 6) is 0.318. The van der Waals surface area contributed by atoms with Crippen molar-refractivity contribution in [3.63, 3.8) is 0 Å². The molecule has 2 nitrogen and oxygen atoms in total. The van der Waals surface area contributed by atoms with Gasteiger partial charge in [0.1, 0.15) is 0 Å². The third-order valence-corrected chi connectivity index (χ3v) is 16.7. The lowest BCUT2D eigenvalue weighted by Crippen LogP contribution is -2.31. The van der Waals surface area contributed by atoms with E-state index in [0.717, 1.165) is 51.1 Å². The van der Waals surface area contributed by atoms with Crippen molar-refractivity contribution in [3.05, 3.63) is 263 Å². The maximum atomic E-state index is 16.0. The van der Waals surface area contributed by atoms with Crippen LogP contribution in [0.25, 0.3) is 33.4 Å². The summed E-state index contributed by atoms with van der Waals surface area (Å²) < 4.78 is 16.0. The zero-order valence-electron chi connectivity index (χ0n) is 34.2. The first-order chi connectivity index (χ1) is 30.6. The van der Waals surface area contributed by atoms with Crippen molar-refractivity contribution in [2.45, 2.75) is 18.3 Å². The fraction of sp³-hybridized carbons (Fsp3) is 0.0678. The van der Waals surface area contributed by atoms with Crippen LogP contribution in [0.3, 0.4) is 0 Å². The molecule has 12 rings (SSSR count). The molecular formula is C59H42NOP. The van der Waals surface area contributed by atoms with Crippen LogP contribution in [0.2, 0.25) is 0 Å². The lowest BCUT2D eigenvalue weighted by Gasteiger charge is -2.34. The Morgan fingerprint density at radius 3 is 1.56 bits per heavy atom. The van der Waals surface area contributed by atoms with E-state index < -0.39 is 12.6 Å². The van der Waals surface area contributed by atoms with E-state index in [1.165, 1.54) is 61.3 Å². The van der Waals surface area contributed by atoms with Gasteiger partial charge in [0.2, 0.25) is 0 Å². The Balaban J connectivity index is 1.09. The van der Waals surface area contributed by atoms with Crippen LogP contribution in [0.5, 0.6) is 0 Å². The molecule has 1 aliphatic heterocycles. The summed E-state index contributed by atoms with van der Waals surface area (Å²) >= 11 is 0. The van der Waals surface area contributed by atoms with E-state index in [1.54, 1.807) is 0 Å². The summed E-state index contributed by atoms with van der Waals surface area (Å²) in [7, 11) is -3.28. The van der Waals surface area contributed by atoms with Gasteiger partial charge in [-0.3, -0.25) is 4.99 Å². The number of hydrogen-bond donors (Lipinski definition) is 0. The third-order valence-electron chi connectivity index (χ3n) is 13.6. The van der Waals surface area contributed by atoms with E-state index in [9.17, 15) is 0 Å². The van der Waals surface area contributed by atoms with Gasteiger partial charge in [0, 0.05) is 27.4 Å². The van der Waals surface area contributed by atoms with Gasteiger partial charge in [0.15, 0.2) is 7.14 Å². The summed E-state index contributed by atoms with van der Waals surface area (Å²) in [6, 6.07) is 80.1. The number of nitrogens with zero attached hydrogens (tertiary/aromatic N) is 1. The zero-order valence-corrected chi connectivity index (χ0v) is 35.1. The SMILES string of the molecule is O=P(c1ccccc1)(c1ccccc1)c1ccc2c(c1)C(c1ccccc1)(c1ccccc1)c1cc(-c3ccc4c(c3)-c3ccccc3CC3Cc5ccccc5N=C43)ccc1-2. The molecule has 3 heteroatoms. The van der Waals surface area contributed by atoms with Gasteiger partial charge in [-0.25, -0.2) is 0 Å². The van der Waals surface area contributed by atoms with Crippen LogP contribution in [0, 0.1) is 5.92 Å². The number of hydrogen-bond acceptors (Lipinski definition) is 2. The first-order valence-corrected chi connectivity index (χ1v) is 23.3. The molecule has 1 heterocycles. The molecule has 3 aliphatic rings. The molecule has 0 N–H and O–H groups in total. The van der Waals surface area contributed by atoms with Gasteiger partial charge < -0.3 is 4.57 Å². The molecular weight excluding hydrogens is 770 g/mol. The van der Waals surface area contributed by atoms with Crippen molar-refractivity contribution in [2.75, 3.05) is 0 Å². The van der Waals surface area contributed by atoms with Gasteiger partial charge in [-0.15, -0.1) is 0 Å². The zero-order chi connectivity index (χ0) is 41.3. The fourth-order valence-corrected chi connectivity index (χ4v) is 13.5. The molecule has 0 bridgehead atoms. The highest BCUT2D eigenvalue weighted by atomic mass is 31.2. The highest BCUT2D eigenvalue weighted by molar-refractivity contribution is 7.85. The van der Waals surface area contributed by atoms with Crippen LogP contribution in [0.15, 0.2) is 229 Å². The van der Waals surface area contributed by atoms with Crippen LogP contribution in [0.1, 0.15) is 38.9 Å². The average molecular weight is 812 g/mol. The van der Waals surface area contributed by atoms with E-state index in [4.69, 9.17) is 4.99 Å². The lowest BCUT2D eigenvalue weighted by molar-refractivity contribution is 0.592. The van der Waals surface area contributed by atoms with Crippen LogP contribution in [-0.4, -0.2) is 5.71 Å². The van der Waals surface area contributed by atoms with Crippen LogP contribution in [-0.2, 0) is 22.8 Å². The number of fused-ring (bicyclic) bond motifs is 9. The summed E-state index contributed by atoms with van der Waals surface area (Å²) in [6.45, 7) is 0. The summed E-state index contributed by atoms with van der Waals surface area (Å²) in [6.07, 6.45) is 1.95. The predicted octanol–water partition coefficient (Wildman–Crippen LogP) is 12.9. The Hall–Kier alpha value is -7.12. The Morgan fingerprint density at radius 2 is 0.903 bits per heavy atom. The molecule has 0 amide bonds. The van der Waals surface area contributed by atoms with Gasteiger partial charge in [0.25, 0.3) is 0 Å². The van der Waals surface area contributed by atoms with E-state index in [2.05, 4.69) is 164 Å². The van der Waals surface area contributed by atoms with E-state index in [1.807, 2.05) is 60.7 Å². The molecule has 9 aromatic carbocycles. The Kier molecular flexibility index (Phi) is 8.59. The minimum atomic E-state index is -3.28. The average Bonchev–Trinajstić information content (AvgIpc) is 3.56. The second-order valence-electron chi connectivity index (χ2n) is 16.9. The standard InChI is InChI=1S/C59H42NOP/c61-62(47-23-9-3-10-24-47,48-25-11-4-12-26-48)49-31-34-52-51-32-29-41(38-55(51)59(56(52)39-49,45-19-5-1-6-20-45)46-21-7-2-8-22-46)40-30-33-53-54(37-40)50-27-15-13-17-42(50)35-44-36-43-18-14-16-28-57(43)60-58(44)53/h1-34,37-39,44H,35-36H2. The molecule has 294 valence electrons. The normalized spacial score (nSPS) is 15.4. The summed E-state index contributed by atoms with van der Waals surface area (Å²) in [5, 5.41) is 2.48. The van der Waals surface area contributed by atoms with Crippen molar-refractivity contribution < 1.29 is 4.57 Å². The van der Waals surface area contributed by atoms with Crippen molar-refractivity contribution in [1.82, 2.24) is 0 Å². The number of benzene rings is 9. The molecule has 0 saturated carbocycles. The molecule has 0 aromatic heterocycles. The lowest BCUT2D eigenvalue weighted by atomic mass is 9.67.